The Hall–Kier alpha value is -3.71. The van der Waals surface area contributed by atoms with Crippen LogP contribution in [0.3, 0.4) is 0 Å². The number of aromatic nitrogens is 1. The number of benzene rings is 1. The van der Waals surface area contributed by atoms with Gasteiger partial charge in [-0.1, -0.05) is 25.0 Å². The molecule has 0 spiro atoms. The van der Waals surface area contributed by atoms with Gasteiger partial charge in [0.15, 0.2) is 5.78 Å². The van der Waals surface area contributed by atoms with Gasteiger partial charge in [0.1, 0.15) is 17.6 Å². The minimum absolute atomic E-state index is 0.126. The quantitative estimate of drug-likeness (QED) is 0.384. The number of hydrogen-bond donors (Lipinski definition) is 2. The zero-order chi connectivity index (χ0) is 35.1. The van der Waals surface area contributed by atoms with Gasteiger partial charge in [-0.05, 0) is 77.3 Å². The molecule has 5 atom stereocenters. The maximum atomic E-state index is 14.3. The summed E-state index contributed by atoms with van der Waals surface area (Å²) in [7, 11) is -2.21. The molecule has 0 radical (unpaired) electrons. The molecule has 0 unspecified atom stereocenters. The lowest BCUT2D eigenvalue weighted by molar-refractivity contribution is -0.140. The third kappa shape index (κ3) is 7.42. The summed E-state index contributed by atoms with van der Waals surface area (Å²) in [6.45, 7) is 5.84. The number of Topliss-reactive ketones (excluding diaryl/α,β-unsaturated/α-hetero) is 1. The lowest BCUT2D eigenvalue weighted by Gasteiger charge is -2.27. The van der Waals surface area contributed by atoms with Gasteiger partial charge in [0.25, 0.3) is 0 Å². The van der Waals surface area contributed by atoms with Crippen molar-refractivity contribution in [2.45, 2.75) is 115 Å². The molecule has 6 rings (SSSR count). The van der Waals surface area contributed by atoms with Crippen molar-refractivity contribution < 1.29 is 37.0 Å². The van der Waals surface area contributed by atoms with E-state index in [2.05, 4.69) is 4.72 Å². The highest BCUT2D eigenvalue weighted by Gasteiger charge is 2.61. The van der Waals surface area contributed by atoms with Gasteiger partial charge in [0.05, 0.1) is 48.0 Å². The van der Waals surface area contributed by atoms with Crippen LogP contribution >= 0.6 is 0 Å². The third-order valence-electron chi connectivity index (χ3n) is 10.3. The number of allylic oxidation sites excluding steroid dienone is 2. The van der Waals surface area contributed by atoms with Crippen molar-refractivity contribution in [3.05, 3.63) is 35.9 Å². The number of nitrogens with two attached hydrogens (primary N) is 1. The predicted molar refractivity (Wildman–Crippen MR) is 184 cm³/mol. The number of sulfonamides is 1. The number of aryl methyl sites for hydroxylation is 1. The molecule has 2 amide bonds. The summed E-state index contributed by atoms with van der Waals surface area (Å²) in [5.74, 6) is -0.00293. The molecule has 4 aliphatic rings. The minimum Gasteiger partial charge on any atom is -0.496 e. The number of nitrogens with one attached hydrogen (secondary N) is 1. The fraction of sp³-hybridized carbons (Fsp3) is 0.611. The van der Waals surface area contributed by atoms with Crippen molar-refractivity contribution >= 4 is 38.5 Å². The molecule has 3 N–H and O–H groups in total. The number of fused-ring (bicyclic) bond motifs is 3. The van der Waals surface area contributed by atoms with Crippen LogP contribution in [0.4, 0.5) is 0 Å². The Bertz CT molecular complexity index is 1760. The third-order valence-corrected chi connectivity index (χ3v) is 12.1. The largest absolute Gasteiger partial charge is 0.496 e. The number of ketones is 1. The number of pyridine rings is 1. The molecule has 3 fully saturated rings. The first-order valence-corrected chi connectivity index (χ1v) is 19.0. The Balaban J connectivity index is 1.31. The Morgan fingerprint density at radius 2 is 1.90 bits per heavy atom. The standard InChI is InChI=1S/C36H48N4O8S/c1-21(2)47-32-17-31(26-14-15-30(46-4)22(3)33(26)38-32)48-24-16-28-29(41)19-36(35(43)39-49(44,45)25-12-13-25)18-23(36)10-8-6-5-7-9-11-27(37)34(42)40(28)20-24/h8,10,14-15,17,21,23-25,27-28H,5-7,9,11-13,16,18-20,37H2,1-4H3,(H,39,43)/b10-8-/t23-,24-,27+,28+,36-/m1/s1. The first-order valence-electron chi connectivity index (χ1n) is 17.5. The first kappa shape index (κ1) is 35.1. The monoisotopic (exact) mass is 696 g/mol. The Morgan fingerprint density at radius 1 is 1.12 bits per heavy atom. The molecule has 0 bridgehead atoms. The average molecular weight is 697 g/mol. The molecule has 266 valence electrons. The lowest BCUT2D eigenvalue weighted by Crippen LogP contribution is -2.49. The molecule has 1 aromatic carbocycles. The van der Waals surface area contributed by atoms with Crippen molar-refractivity contribution in [1.82, 2.24) is 14.6 Å². The summed E-state index contributed by atoms with van der Waals surface area (Å²) < 4.78 is 45.9. The zero-order valence-electron chi connectivity index (χ0n) is 28.8. The van der Waals surface area contributed by atoms with E-state index in [1.165, 1.54) is 4.90 Å². The van der Waals surface area contributed by atoms with Gasteiger partial charge in [-0.25, -0.2) is 13.4 Å². The summed E-state index contributed by atoms with van der Waals surface area (Å²) in [6, 6.07) is 3.76. The first-order chi connectivity index (χ1) is 23.3. The molecule has 2 aliphatic carbocycles. The smallest absolute Gasteiger partial charge is 0.240 e. The van der Waals surface area contributed by atoms with Crippen LogP contribution in [0.2, 0.25) is 0 Å². The molecule has 1 aromatic heterocycles. The van der Waals surface area contributed by atoms with Crippen LogP contribution in [0.25, 0.3) is 10.9 Å². The number of amides is 2. The second-order valence-corrected chi connectivity index (χ2v) is 16.3. The number of ether oxygens (including phenoxy) is 3. The van der Waals surface area contributed by atoms with Crippen molar-refractivity contribution in [3.63, 3.8) is 0 Å². The van der Waals surface area contributed by atoms with E-state index in [9.17, 15) is 22.8 Å². The second kappa shape index (κ2) is 13.9. The van der Waals surface area contributed by atoms with Crippen LogP contribution in [-0.4, -0.2) is 79.1 Å². The lowest BCUT2D eigenvalue weighted by atomic mass is 9.91. The van der Waals surface area contributed by atoms with Gasteiger partial charge in [-0.15, -0.1) is 0 Å². The van der Waals surface area contributed by atoms with Gasteiger partial charge in [-0.2, -0.15) is 0 Å². The Kier molecular flexibility index (Phi) is 9.96. The van der Waals surface area contributed by atoms with E-state index < -0.39 is 44.8 Å². The molecule has 2 saturated carbocycles. The van der Waals surface area contributed by atoms with Crippen LogP contribution in [0.5, 0.6) is 17.4 Å². The minimum atomic E-state index is -3.80. The number of methoxy groups -OCH3 is 1. The van der Waals surface area contributed by atoms with Gasteiger partial charge in [-0.3, -0.25) is 19.1 Å². The SMILES string of the molecule is COc1ccc2c(O[C@@H]3C[C@H]4C(=O)C[C@]5(C(=O)NS(=O)(=O)C6CC6)C[C@H]5/C=C\CCCCC[C@H](N)C(=O)N4C3)cc(OC(C)C)nc2c1C. The van der Waals surface area contributed by atoms with Crippen LogP contribution in [0.1, 0.15) is 83.6 Å². The molecule has 2 aromatic rings. The van der Waals surface area contributed by atoms with E-state index in [0.717, 1.165) is 36.6 Å². The number of carbonyl (C=O) groups excluding carboxylic acids is 3. The van der Waals surface area contributed by atoms with Crippen molar-refractivity contribution in [1.29, 1.82) is 0 Å². The van der Waals surface area contributed by atoms with Crippen molar-refractivity contribution in [2.75, 3.05) is 13.7 Å². The molecule has 49 heavy (non-hydrogen) atoms. The summed E-state index contributed by atoms with van der Waals surface area (Å²) in [4.78, 5) is 48.0. The molecular weight excluding hydrogens is 648 g/mol. The summed E-state index contributed by atoms with van der Waals surface area (Å²) in [5.41, 5.74) is 6.71. The van der Waals surface area contributed by atoms with Crippen molar-refractivity contribution in [3.8, 4) is 17.4 Å². The van der Waals surface area contributed by atoms with Gasteiger partial charge < -0.3 is 24.8 Å². The maximum Gasteiger partial charge on any atom is 0.240 e. The second-order valence-electron chi connectivity index (χ2n) is 14.4. The van der Waals surface area contributed by atoms with E-state index in [-0.39, 0.29) is 43.1 Å². The Labute approximate surface area is 288 Å². The van der Waals surface area contributed by atoms with Crippen molar-refractivity contribution in [2.24, 2.45) is 17.1 Å². The summed E-state index contributed by atoms with van der Waals surface area (Å²) >= 11 is 0. The highest BCUT2D eigenvalue weighted by Crippen LogP contribution is 2.57. The normalized spacial score (nSPS) is 28.7. The molecule has 2 aliphatic heterocycles. The highest BCUT2D eigenvalue weighted by molar-refractivity contribution is 7.90. The molecule has 12 nitrogen and oxygen atoms in total. The number of hydrogen-bond acceptors (Lipinski definition) is 10. The maximum absolute atomic E-state index is 14.3. The van der Waals surface area contributed by atoms with Crippen LogP contribution < -0.4 is 24.7 Å². The fourth-order valence-corrected chi connectivity index (χ4v) is 8.63. The average Bonchev–Trinajstić information content (AvgIpc) is 3.97. The molecule has 1 saturated heterocycles. The van der Waals surface area contributed by atoms with E-state index in [0.29, 0.717) is 48.6 Å². The van der Waals surface area contributed by atoms with E-state index in [1.807, 2.05) is 45.1 Å². The molecular formula is C36H48N4O8S. The summed E-state index contributed by atoms with van der Waals surface area (Å²) in [6.07, 6.45) is 8.50. The van der Waals surface area contributed by atoms with Crippen LogP contribution in [0, 0.1) is 18.3 Å². The van der Waals surface area contributed by atoms with E-state index >= 15 is 0 Å². The number of rotatable bonds is 8. The van der Waals surface area contributed by atoms with E-state index in [4.69, 9.17) is 24.9 Å². The summed E-state index contributed by atoms with van der Waals surface area (Å²) in [5, 5.41) is 0.162. The topological polar surface area (TPSA) is 167 Å². The van der Waals surface area contributed by atoms with E-state index in [1.54, 1.807) is 13.2 Å². The number of carbonyl (C=O) groups is 3. The molecule has 13 heteroatoms. The highest BCUT2D eigenvalue weighted by atomic mass is 32.2. The van der Waals surface area contributed by atoms with Gasteiger partial charge in [0, 0.05) is 29.9 Å². The van der Waals surface area contributed by atoms with Crippen LogP contribution in [0.15, 0.2) is 30.4 Å². The molecule has 3 heterocycles. The van der Waals surface area contributed by atoms with Crippen LogP contribution in [-0.2, 0) is 24.4 Å². The van der Waals surface area contributed by atoms with Gasteiger partial charge in [0.2, 0.25) is 27.7 Å². The predicted octanol–water partition coefficient (Wildman–Crippen LogP) is 4.11. The zero-order valence-corrected chi connectivity index (χ0v) is 29.6. The fourth-order valence-electron chi connectivity index (χ4n) is 7.24. The van der Waals surface area contributed by atoms with Gasteiger partial charge >= 0.3 is 0 Å². The number of nitrogens with zero attached hydrogens (tertiary/aromatic N) is 2. The Morgan fingerprint density at radius 3 is 2.61 bits per heavy atom.